The van der Waals surface area contributed by atoms with Gasteiger partial charge in [0, 0.05) is 18.5 Å². The van der Waals surface area contributed by atoms with Crippen molar-refractivity contribution >= 4 is 10.2 Å². The molecule has 2 saturated heterocycles. The maximum Gasteiger partial charge on any atom is 0.277 e. The zero-order valence-corrected chi connectivity index (χ0v) is 14.0. The van der Waals surface area contributed by atoms with Crippen LogP contribution in [-0.4, -0.2) is 53.2 Å². The van der Waals surface area contributed by atoms with E-state index in [9.17, 15) is 8.42 Å². The van der Waals surface area contributed by atoms with E-state index in [0.29, 0.717) is 26.4 Å². The van der Waals surface area contributed by atoms with E-state index in [1.165, 1.54) is 0 Å². The van der Waals surface area contributed by atoms with Gasteiger partial charge in [-0.1, -0.05) is 13.8 Å². The van der Waals surface area contributed by atoms with Gasteiger partial charge < -0.3 is 14.2 Å². The van der Waals surface area contributed by atoms with Crippen LogP contribution < -0.4 is 9.44 Å². The molecular weight excluding hydrogens is 296 g/mol. The van der Waals surface area contributed by atoms with E-state index in [2.05, 4.69) is 9.44 Å². The van der Waals surface area contributed by atoms with Gasteiger partial charge in [-0.25, -0.2) is 4.72 Å². The van der Waals surface area contributed by atoms with Crippen LogP contribution in [0.3, 0.4) is 0 Å². The summed E-state index contributed by atoms with van der Waals surface area (Å²) >= 11 is 0. The molecule has 0 aromatic heterocycles. The largest absolute Gasteiger partial charge is 0.375 e. The first-order valence-electron chi connectivity index (χ1n) is 7.29. The molecule has 1 unspecified atom stereocenters. The summed E-state index contributed by atoms with van der Waals surface area (Å²) in [6.07, 6.45) is 0. The molecule has 0 amide bonds. The van der Waals surface area contributed by atoms with Gasteiger partial charge in [0.1, 0.15) is 6.61 Å². The molecule has 1 atom stereocenters. The zero-order valence-electron chi connectivity index (χ0n) is 13.1. The van der Waals surface area contributed by atoms with Crippen molar-refractivity contribution in [2.24, 2.45) is 11.3 Å². The van der Waals surface area contributed by atoms with Crippen LogP contribution in [0.1, 0.15) is 27.7 Å². The van der Waals surface area contributed by atoms with E-state index in [1.54, 1.807) is 13.8 Å². The molecule has 2 aliphatic rings. The second kappa shape index (κ2) is 6.10. The molecule has 124 valence electrons. The lowest BCUT2D eigenvalue weighted by molar-refractivity contribution is -0.197. The number of nitrogens with one attached hydrogen (secondary N) is 2. The summed E-state index contributed by atoms with van der Waals surface area (Å²) in [5.74, 6) is -0.741. The highest BCUT2D eigenvalue weighted by Gasteiger charge is 2.55. The summed E-state index contributed by atoms with van der Waals surface area (Å²) in [6, 6.07) is -0.145. The Morgan fingerprint density at radius 3 is 2.48 bits per heavy atom. The Hall–Kier alpha value is -0.250. The molecule has 2 heterocycles. The molecule has 0 aromatic rings. The van der Waals surface area contributed by atoms with Crippen LogP contribution >= 0.6 is 0 Å². The van der Waals surface area contributed by atoms with Gasteiger partial charge in [-0.15, -0.1) is 0 Å². The normalized spacial score (nSPS) is 26.0. The van der Waals surface area contributed by atoms with E-state index in [4.69, 9.17) is 14.2 Å². The molecule has 21 heavy (non-hydrogen) atoms. The highest BCUT2D eigenvalue weighted by molar-refractivity contribution is 7.87. The fraction of sp³-hybridized carbons (Fsp3) is 1.00. The Kier molecular flexibility index (Phi) is 4.97. The second-order valence-corrected chi connectivity index (χ2v) is 8.19. The summed E-state index contributed by atoms with van der Waals surface area (Å²) in [5, 5.41) is 0. The minimum absolute atomic E-state index is 0.0192. The van der Waals surface area contributed by atoms with Crippen LogP contribution in [-0.2, 0) is 24.4 Å². The Morgan fingerprint density at radius 1 is 1.29 bits per heavy atom. The predicted molar refractivity (Wildman–Crippen MR) is 77.9 cm³/mol. The first-order chi connectivity index (χ1) is 9.67. The lowest BCUT2D eigenvalue weighted by Crippen LogP contribution is -2.51. The first-order valence-corrected chi connectivity index (χ1v) is 8.78. The Bertz CT molecular complexity index is 452. The number of hydrogen-bond donors (Lipinski definition) is 2. The zero-order chi connectivity index (χ0) is 15.7. The van der Waals surface area contributed by atoms with Gasteiger partial charge in [-0.2, -0.15) is 13.1 Å². The van der Waals surface area contributed by atoms with E-state index >= 15 is 0 Å². The van der Waals surface area contributed by atoms with Crippen molar-refractivity contribution in [2.75, 3.05) is 33.0 Å². The topological polar surface area (TPSA) is 85.9 Å². The standard InChI is InChI=1S/C13H26N2O5S/c1-10(2)15-21(16,17)14-8-12(3,4)11-7-18-9-13(11)19-5-6-20-13/h10-11,14-15H,5-9H2,1-4H3. The Labute approximate surface area is 126 Å². The summed E-state index contributed by atoms with van der Waals surface area (Å²) in [7, 11) is -3.50. The van der Waals surface area contributed by atoms with Crippen molar-refractivity contribution in [1.82, 2.24) is 9.44 Å². The van der Waals surface area contributed by atoms with Crippen LogP contribution in [0.25, 0.3) is 0 Å². The lowest BCUT2D eigenvalue weighted by Gasteiger charge is -2.38. The molecule has 0 radical (unpaired) electrons. The van der Waals surface area contributed by atoms with Crippen molar-refractivity contribution in [1.29, 1.82) is 0 Å². The van der Waals surface area contributed by atoms with Crippen LogP contribution in [0.15, 0.2) is 0 Å². The maximum atomic E-state index is 11.9. The maximum absolute atomic E-state index is 11.9. The van der Waals surface area contributed by atoms with Gasteiger partial charge >= 0.3 is 0 Å². The SMILES string of the molecule is CC(C)NS(=O)(=O)NCC(C)(C)C1COCC12OCCO2. The van der Waals surface area contributed by atoms with Crippen molar-refractivity contribution < 1.29 is 22.6 Å². The van der Waals surface area contributed by atoms with Crippen LogP contribution in [0.5, 0.6) is 0 Å². The fourth-order valence-corrected chi connectivity index (χ4v) is 4.14. The van der Waals surface area contributed by atoms with Crippen LogP contribution in [0.4, 0.5) is 0 Å². The van der Waals surface area contributed by atoms with Crippen molar-refractivity contribution in [2.45, 2.75) is 39.5 Å². The average Bonchev–Trinajstić information content (AvgIpc) is 2.97. The lowest BCUT2D eigenvalue weighted by atomic mass is 9.75. The third-order valence-electron chi connectivity index (χ3n) is 3.95. The molecule has 2 rings (SSSR count). The minimum Gasteiger partial charge on any atom is -0.375 e. The molecule has 1 spiro atoms. The van der Waals surface area contributed by atoms with Crippen molar-refractivity contribution in [3.63, 3.8) is 0 Å². The molecular formula is C13H26N2O5S. The summed E-state index contributed by atoms with van der Waals surface area (Å²) in [4.78, 5) is 0. The molecule has 0 saturated carbocycles. The quantitative estimate of drug-likeness (QED) is 0.731. The number of ether oxygens (including phenoxy) is 3. The number of hydrogen-bond acceptors (Lipinski definition) is 5. The molecule has 0 aliphatic carbocycles. The second-order valence-electron chi connectivity index (χ2n) is 6.66. The minimum atomic E-state index is -3.50. The van der Waals surface area contributed by atoms with Gasteiger partial charge in [0.15, 0.2) is 5.79 Å². The van der Waals surface area contributed by atoms with Crippen LogP contribution in [0.2, 0.25) is 0 Å². The summed E-state index contributed by atoms with van der Waals surface area (Å²) in [6.45, 7) is 9.86. The number of rotatable bonds is 6. The average molecular weight is 322 g/mol. The Balaban J connectivity index is 2.01. The van der Waals surface area contributed by atoms with Gasteiger partial charge in [0.2, 0.25) is 0 Å². The fourth-order valence-electron chi connectivity index (χ4n) is 2.88. The molecule has 2 aliphatic heterocycles. The van der Waals surface area contributed by atoms with Gasteiger partial charge in [0.25, 0.3) is 10.2 Å². The van der Waals surface area contributed by atoms with Gasteiger partial charge in [-0.05, 0) is 19.3 Å². The van der Waals surface area contributed by atoms with E-state index < -0.39 is 16.0 Å². The Morgan fingerprint density at radius 2 is 1.90 bits per heavy atom. The van der Waals surface area contributed by atoms with E-state index in [-0.39, 0.29) is 23.9 Å². The van der Waals surface area contributed by atoms with E-state index in [1.807, 2.05) is 13.8 Å². The first kappa shape index (κ1) is 17.1. The highest BCUT2D eigenvalue weighted by Crippen LogP contribution is 2.44. The van der Waals surface area contributed by atoms with Crippen molar-refractivity contribution in [3.05, 3.63) is 0 Å². The molecule has 0 aromatic carbocycles. The van der Waals surface area contributed by atoms with Gasteiger partial charge in [0.05, 0.1) is 19.8 Å². The highest BCUT2D eigenvalue weighted by atomic mass is 32.2. The van der Waals surface area contributed by atoms with Crippen LogP contribution in [0, 0.1) is 11.3 Å². The van der Waals surface area contributed by atoms with Crippen molar-refractivity contribution in [3.8, 4) is 0 Å². The summed E-state index contributed by atoms with van der Waals surface area (Å²) in [5.41, 5.74) is -0.355. The predicted octanol–water partition coefficient (Wildman–Crippen LogP) is 0.235. The molecule has 7 nitrogen and oxygen atoms in total. The van der Waals surface area contributed by atoms with Gasteiger partial charge in [-0.3, -0.25) is 0 Å². The molecule has 0 bridgehead atoms. The third kappa shape index (κ3) is 3.94. The molecule has 2 fully saturated rings. The van der Waals surface area contributed by atoms with E-state index in [0.717, 1.165) is 0 Å². The smallest absolute Gasteiger partial charge is 0.277 e. The summed E-state index contributed by atoms with van der Waals surface area (Å²) < 4.78 is 46.0. The third-order valence-corrected chi connectivity index (χ3v) is 5.25. The molecule has 2 N–H and O–H groups in total. The monoisotopic (exact) mass is 322 g/mol. The molecule has 8 heteroatoms.